The molecule has 1 unspecified atom stereocenters. The Bertz CT molecular complexity index is 957. The van der Waals surface area contributed by atoms with Crippen molar-refractivity contribution in [3.63, 3.8) is 0 Å². The standard InChI is InChI=1S/C16H12F6N4O3S/c17-15(18,19)11-5-12(16(20,21)22)26(24-11)9-3-1-8(2-4-9)23-13(27)10-6-30-7-25(10)14(28)29/h1-5,10H,6-7H2,(H,23,27)(H,28,29)/p-1. The third kappa shape index (κ3) is 4.47. The van der Waals surface area contributed by atoms with E-state index in [1.807, 2.05) is 0 Å². The molecule has 1 N–H and O–H groups in total. The van der Waals surface area contributed by atoms with Crippen LogP contribution in [0.3, 0.4) is 0 Å². The number of nitrogens with zero attached hydrogens (tertiary/aromatic N) is 3. The van der Waals surface area contributed by atoms with Crippen LogP contribution in [0.2, 0.25) is 0 Å². The summed E-state index contributed by atoms with van der Waals surface area (Å²) in [6.07, 6.45) is -11.7. The predicted octanol–water partition coefficient (Wildman–Crippen LogP) is 2.57. The highest BCUT2D eigenvalue weighted by Gasteiger charge is 2.42. The van der Waals surface area contributed by atoms with E-state index in [9.17, 15) is 41.0 Å². The van der Waals surface area contributed by atoms with Crippen molar-refractivity contribution < 1.29 is 41.0 Å². The lowest BCUT2D eigenvalue weighted by Gasteiger charge is -2.25. The van der Waals surface area contributed by atoms with E-state index in [0.717, 1.165) is 29.2 Å². The first kappa shape index (κ1) is 21.8. The molecule has 1 fully saturated rings. The topological polar surface area (TPSA) is 90.3 Å². The lowest BCUT2D eigenvalue weighted by molar-refractivity contribution is -0.265. The number of carbonyl (C=O) groups is 2. The van der Waals surface area contributed by atoms with Crippen LogP contribution in [0.5, 0.6) is 0 Å². The van der Waals surface area contributed by atoms with Gasteiger partial charge in [-0.3, -0.25) is 4.79 Å². The number of aromatic nitrogens is 2. The summed E-state index contributed by atoms with van der Waals surface area (Å²) in [4.78, 5) is 24.1. The van der Waals surface area contributed by atoms with Crippen LogP contribution in [0.1, 0.15) is 11.4 Å². The van der Waals surface area contributed by atoms with E-state index in [2.05, 4.69) is 10.4 Å². The molecule has 162 valence electrons. The third-order valence-corrected chi connectivity index (χ3v) is 5.10. The fourth-order valence-corrected chi connectivity index (χ4v) is 3.81. The van der Waals surface area contributed by atoms with Crippen LogP contribution < -0.4 is 10.4 Å². The van der Waals surface area contributed by atoms with Gasteiger partial charge in [-0.05, 0) is 24.3 Å². The molecule has 14 heteroatoms. The van der Waals surface area contributed by atoms with E-state index in [1.165, 1.54) is 11.8 Å². The maximum absolute atomic E-state index is 13.1. The molecule has 30 heavy (non-hydrogen) atoms. The van der Waals surface area contributed by atoms with Gasteiger partial charge in [0.25, 0.3) is 0 Å². The van der Waals surface area contributed by atoms with E-state index in [4.69, 9.17) is 0 Å². The minimum Gasteiger partial charge on any atom is -0.530 e. The molecule has 1 aliphatic rings. The number of hydrogen-bond donors (Lipinski definition) is 1. The lowest BCUT2D eigenvalue weighted by atomic mass is 10.2. The lowest BCUT2D eigenvalue weighted by Crippen LogP contribution is -2.49. The van der Waals surface area contributed by atoms with Gasteiger partial charge in [-0.25, -0.2) is 4.68 Å². The van der Waals surface area contributed by atoms with Gasteiger partial charge in [-0.2, -0.15) is 31.4 Å². The molecule has 2 amide bonds. The molecule has 0 spiro atoms. The Kier molecular flexibility index (Phi) is 5.62. The second-order valence-corrected chi connectivity index (χ2v) is 7.11. The quantitative estimate of drug-likeness (QED) is 0.722. The van der Waals surface area contributed by atoms with Crippen molar-refractivity contribution in [1.29, 1.82) is 0 Å². The Hall–Kier alpha value is -2.90. The summed E-state index contributed by atoms with van der Waals surface area (Å²) in [7, 11) is 0. The highest BCUT2D eigenvalue weighted by atomic mass is 32.2. The maximum atomic E-state index is 13.1. The first-order chi connectivity index (χ1) is 13.9. The summed E-state index contributed by atoms with van der Waals surface area (Å²) in [6.45, 7) is 0. The van der Waals surface area contributed by atoms with Crippen molar-refractivity contribution in [2.45, 2.75) is 18.4 Å². The molecule has 1 aliphatic heterocycles. The maximum Gasteiger partial charge on any atom is 0.435 e. The second-order valence-electron chi connectivity index (χ2n) is 6.11. The van der Waals surface area contributed by atoms with E-state index < -0.39 is 41.8 Å². The van der Waals surface area contributed by atoms with Crippen molar-refractivity contribution in [3.8, 4) is 5.69 Å². The van der Waals surface area contributed by atoms with Crippen molar-refractivity contribution in [2.24, 2.45) is 0 Å². The Morgan fingerprint density at radius 1 is 1.10 bits per heavy atom. The van der Waals surface area contributed by atoms with E-state index in [0.29, 0.717) is 0 Å². The van der Waals surface area contributed by atoms with Crippen LogP contribution in [-0.2, 0) is 17.1 Å². The molecule has 0 saturated carbocycles. The Balaban J connectivity index is 1.83. The fraction of sp³-hybridized carbons (Fsp3) is 0.312. The summed E-state index contributed by atoms with van der Waals surface area (Å²) in [6, 6.07) is 3.30. The van der Waals surface area contributed by atoms with Gasteiger partial charge in [-0.1, -0.05) is 0 Å². The van der Waals surface area contributed by atoms with Crippen molar-refractivity contribution in [2.75, 3.05) is 16.9 Å². The number of rotatable bonds is 3. The smallest absolute Gasteiger partial charge is 0.435 e. The number of anilines is 1. The number of amides is 2. The molecule has 2 aromatic rings. The Labute approximate surface area is 168 Å². The highest BCUT2D eigenvalue weighted by molar-refractivity contribution is 7.99. The number of hydrogen-bond acceptors (Lipinski definition) is 5. The van der Waals surface area contributed by atoms with Gasteiger partial charge < -0.3 is 20.1 Å². The Morgan fingerprint density at radius 3 is 2.27 bits per heavy atom. The number of nitrogens with one attached hydrogen (secondary N) is 1. The molecule has 1 aromatic carbocycles. The van der Waals surface area contributed by atoms with Crippen LogP contribution >= 0.6 is 11.8 Å². The second kappa shape index (κ2) is 7.74. The van der Waals surface area contributed by atoms with Crippen molar-refractivity contribution in [3.05, 3.63) is 41.7 Å². The van der Waals surface area contributed by atoms with Crippen LogP contribution in [0.15, 0.2) is 30.3 Å². The number of halogens is 6. The SMILES string of the molecule is O=C(Nc1ccc(-n2nc(C(F)(F)F)cc2C(F)(F)F)cc1)C1CSCN1C(=O)[O-]. The van der Waals surface area contributed by atoms with Crippen LogP contribution in [0.25, 0.3) is 5.69 Å². The molecule has 0 aliphatic carbocycles. The normalized spacial score (nSPS) is 17.3. The zero-order valence-corrected chi connectivity index (χ0v) is 15.4. The van der Waals surface area contributed by atoms with Crippen LogP contribution in [0, 0.1) is 0 Å². The predicted molar refractivity (Wildman–Crippen MR) is 90.5 cm³/mol. The van der Waals surface area contributed by atoms with Crippen LogP contribution in [0.4, 0.5) is 36.8 Å². The van der Waals surface area contributed by atoms with Crippen molar-refractivity contribution >= 4 is 29.4 Å². The number of benzene rings is 1. The molecule has 1 atom stereocenters. The van der Waals surface area contributed by atoms with Crippen molar-refractivity contribution in [1.82, 2.24) is 14.7 Å². The summed E-state index contributed by atoms with van der Waals surface area (Å²) in [5.74, 6) is -0.424. The molecule has 0 bridgehead atoms. The van der Waals surface area contributed by atoms with Gasteiger partial charge in [0.05, 0.1) is 11.6 Å². The van der Waals surface area contributed by atoms with Gasteiger partial charge in [0.15, 0.2) is 5.69 Å². The third-order valence-electron chi connectivity index (χ3n) is 4.09. The van der Waals surface area contributed by atoms with Gasteiger partial charge in [0.1, 0.15) is 17.8 Å². The van der Waals surface area contributed by atoms with Gasteiger partial charge in [0.2, 0.25) is 5.91 Å². The molecule has 3 rings (SSSR count). The molecule has 2 heterocycles. The monoisotopic (exact) mass is 453 g/mol. The molecule has 0 radical (unpaired) electrons. The van der Waals surface area contributed by atoms with Gasteiger partial charge in [-0.15, -0.1) is 11.8 Å². The molecular weight excluding hydrogens is 442 g/mol. The number of thioether (sulfide) groups is 1. The van der Waals surface area contributed by atoms with E-state index >= 15 is 0 Å². The zero-order chi connectivity index (χ0) is 22.3. The number of carboxylic acid groups (broad SMARTS) is 1. The summed E-state index contributed by atoms with van der Waals surface area (Å²) >= 11 is 1.20. The minimum atomic E-state index is -5.09. The molecule has 7 nitrogen and oxygen atoms in total. The summed E-state index contributed by atoms with van der Waals surface area (Å²) in [5, 5.41) is 16.4. The molecule has 1 aromatic heterocycles. The average Bonchev–Trinajstić information content (AvgIpc) is 3.29. The van der Waals surface area contributed by atoms with E-state index in [1.54, 1.807) is 0 Å². The fourth-order valence-electron chi connectivity index (χ4n) is 2.67. The number of alkyl halides is 6. The number of carbonyl (C=O) groups excluding carboxylic acids is 2. The molecular formula is C16H11F6N4O3S-. The van der Waals surface area contributed by atoms with Crippen LogP contribution in [-0.4, -0.2) is 44.4 Å². The first-order valence-electron chi connectivity index (χ1n) is 8.09. The zero-order valence-electron chi connectivity index (χ0n) is 14.6. The first-order valence-corrected chi connectivity index (χ1v) is 9.24. The largest absolute Gasteiger partial charge is 0.530 e. The average molecular weight is 453 g/mol. The van der Waals surface area contributed by atoms with Gasteiger partial charge >= 0.3 is 12.4 Å². The Morgan fingerprint density at radius 2 is 1.73 bits per heavy atom. The van der Waals surface area contributed by atoms with Gasteiger partial charge in [0, 0.05) is 17.5 Å². The summed E-state index contributed by atoms with van der Waals surface area (Å²) < 4.78 is 77.8. The highest BCUT2D eigenvalue weighted by Crippen LogP contribution is 2.36. The minimum absolute atomic E-state index is 0.0560. The van der Waals surface area contributed by atoms with E-state index in [-0.39, 0.29) is 33.8 Å². The molecule has 1 saturated heterocycles. The summed E-state index contributed by atoms with van der Waals surface area (Å²) in [5.41, 5.74) is -3.52.